The molecule has 1 aromatic rings. The van der Waals surface area contributed by atoms with Gasteiger partial charge < -0.3 is 10.6 Å². The van der Waals surface area contributed by atoms with Crippen LogP contribution in [-0.4, -0.2) is 27.0 Å². The molecule has 0 saturated carbocycles. The molecule has 23 heavy (non-hydrogen) atoms. The van der Waals surface area contributed by atoms with Crippen molar-refractivity contribution in [1.82, 2.24) is 10.0 Å². The molecule has 1 amide bonds. The van der Waals surface area contributed by atoms with Crippen molar-refractivity contribution in [2.45, 2.75) is 56.5 Å². The van der Waals surface area contributed by atoms with Crippen LogP contribution in [0.4, 0.5) is 5.69 Å². The number of benzene rings is 1. The van der Waals surface area contributed by atoms with E-state index in [1.54, 1.807) is 12.1 Å². The summed E-state index contributed by atoms with van der Waals surface area (Å²) in [6, 6.07) is 6.19. The van der Waals surface area contributed by atoms with Gasteiger partial charge in [-0.25, -0.2) is 8.42 Å². The minimum atomic E-state index is -3.57. The topological polar surface area (TPSA) is 87.3 Å². The van der Waals surface area contributed by atoms with E-state index in [2.05, 4.69) is 15.4 Å². The first-order chi connectivity index (χ1) is 11.0. The molecule has 1 heterocycles. The molecule has 2 rings (SSSR count). The summed E-state index contributed by atoms with van der Waals surface area (Å²) in [7, 11) is -3.57. The number of hydrogen-bond donors (Lipinski definition) is 3. The van der Waals surface area contributed by atoms with Crippen molar-refractivity contribution in [2.75, 3.05) is 11.9 Å². The SMILES string of the molecule is CC(=O)Nc1ccc(S(=O)(=O)NC2CCCCCCCN2)cc1. The first-order valence-corrected chi connectivity index (χ1v) is 9.59. The molecule has 1 aliphatic heterocycles. The van der Waals surface area contributed by atoms with Gasteiger partial charge in [-0.2, -0.15) is 4.72 Å². The third-order valence-electron chi connectivity index (χ3n) is 3.84. The number of rotatable bonds is 4. The standard InChI is InChI=1S/C16H25N3O3S/c1-13(20)18-14-8-10-15(11-9-14)23(21,22)19-16-7-5-3-2-4-6-12-17-16/h8-11,16-17,19H,2-7,12H2,1H3,(H,18,20). The first-order valence-electron chi connectivity index (χ1n) is 8.11. The minimum Gasteiger partial charge on any atom is -0.326 e. The van der Waals surface area contributed by atoms with Gasteiger partial charge in [-0.1, -0.05) is 25.7 Å². The molecule has 1 atom stereocenters. The molecule has 1 unspecified atom stereocenters. The van der Waals surface area contributed by atoms with Gasteiger partial charge in [0, 0.05) is 12.6 Å². The second-order valence-electron chi connectivity index (χ2n) is 5.89. The van der Waals surface area contributed by atoms with Crippen molar-refractivity contribution in [1.29, 1.82) is 0 Å². The van der Waals surface area contributed by atoms with Gasteiger partial charge in [0.15, 0.2) is 0 Å². The van der Waals surface area contributed by atoms with E-state index >= 15 is 0 Å². The zero-order chi connectivity index (χ0) is 16.7. The summed E-state index contributed by atoms with van der Waals surface area (Å²) in [4.78, 5) is 11.2. The maximum atomic E-state index is 12.5. The Hall–Kier alpha value is -1.44. The fraction of sp³-hybridized carbons (Fsp3) is 0.562. The summed E-state index contributed by atoms with van der Waals surface area (Å²) < 4.78 is 27.7. The molecule has 7 heteroatoms. The highest BCUT2D eigenvalue weighted by Crippen LogP contribution is 2.16. The molecule has 0 bridgehead atoms. The smallest absolute Gasteiger partial charge is 0.241 e. The predicted octanol–water partition coefficient (Wildman–Crippen LogP) is 2.19. The van der Waals surface area contributed by atoms with Crippen molar-refractivity contribution < 1.29 is 13.2 Å². The Labute approximate surface area is 138 Å². The maximum Gasteiger partial charge on any atom is 0.241 e. The van der Waals surface area contributed by atoms with Crippen LogP contribution in [0.15, 0.2) is 29.2 Å². The summed E-state index contributed by atoms with van der Waals surface area (Å²) in [5.74, 6) is -0.187. The average Bonchev–Trinajstić information content (AvgIpc) is 2.61. The van der Waals surface area contributed by atoms with Crippen molar-refractivity contribution >= 4 is 21.6 Å². The third kappa shape index (κ3) is 5.93. The van der Waals surface area contributed by atoms with E-state index in [1.165, 1.54) is 31.9 Å². The Morgan fingerprint density at radius 2 is 1.74 bits per heavy atom. The molecule has 1 saturated heterocycles. The molecular formula is C16H25N3O3S. The fourth-order valence-corrected chi connectivity index (χ4v) is 3.86. The van der Waals surface area contributed by atoms with Crippen LogP contribution in [0.5, 0.6) is 0 Å². The Morgan fingerprint density at radius 1 is 1.09 bits per heavy atom. The van der Waals surface area contributed by atoms with Crippen molar-refractivity contribution in [3.05, 3.63) is 24.3 Å². The van der Waals surface area contributed by atoms with Gasteiger partial charge in [0.25, 0.3) is 0 Å². The normalized spacial score (nSPS) is 20.1. The number of sulfonamides is 1. The molecule has 6 nitrogen and oxygen atoms in total. The van der Waals surface area contributed by atoms with Crippen molar-refractivity contribution in [3.63, 3.8) is 0 Å². The Morgan fingerprint density at radius 3 is 2.43 bits per heavy atom. The van der Waals surface area contributed by atoms with Gasteiger partial charge in [-0.05, 0) is 43.7 Å². The third-order valence-corrected chi connectivity index (χ3v) is 5.33. The van der Waals surface area contributed by atoms with E-state index in [4.69, 9.17) is 0 Å². The molecule has 128 valence electrons. The van der Waals surface area contributed by atoms with Gasteiger partial charge in [0.2, 0.25) is 15.9 Å². The van der Waals surface area contributed by atoms with E-state index in [0.29, 0.717) is 5.69 Å². The summed E-state index contributed by atoms with van der Waals surface area (Å²) in [5.41, 5.74) is 0.581. The second kappa shape index (κ2) is 8.42. The lowest BCUT2D eigenvalue weighted by Crippen LogP contribution is -2.45. The van der Waals surface area contributed by atoms with E-state index in [9.17, 15) is 13.2 Å². The molecule has 1 aromatic carbocycles. The molecule has 0 spiro atoms. The molecule has 0 aromatic heterocycles. The Kier molecular flexibility index (Phi) is 6.56. The lowest BCUT2D eigenvalue weighted by molar-refractivity contribution is -0.114. The molecule has 0 aliphatic carbocycles. The largest absolute Gasteiger partial charge is 0.326 e. The summed E-state index contributed by atoms with van der Waals surface area (Å²) in [6.07, 6.45) is 6.20. The fourth-order valence-electron chi connectivity index (χ4n) is 2.66. The number of anilines is 1. The van der Waals surface area contributed by atoms with E-state index in [1.807, 2.05) is 0 Å². The van der Waals surface area contributed by atoms with E-state index < -0.39 is 10.0 Å². The Bertz CT molecular complexity index is 604. The number of amides is 1. The minimum absolute atomic E-state index is 0.187. The quantitative estimate of drug-likeness (QED) is 0.785. The van der Waals surface area contributed by atoms with E-state index in [-0.39, 0.29) is 17.0 Å². The van der Waals surface area contributed by atoms with Crippen LogP contribution in [0.3, 0.4) is 0 Å². The van der Waals surface area contributed by atoms with E-state index in [0.717, 1.165) is 32.2 Å². The lowest BCUT2D eigenvalue weighted by atomic mass is 10.1. The summed E-state index contributed by atoms with van der Waals surface area (Å²) in [5, 5.41) is 5.90. The highest BCUT2D eigenvalue weighted by molar-refractivity contribution is 7.89. The number of hydrogen-bond acceptors (Lipinski definition) is 4. The molecule has 1 aliphatic rings. The van der Waals surface area contributed by atoms with Gasteiger partial charge in [0.05, 0.1) is 11.1 Å². The zero-order valence-corrected chi connectivity index (χ0v) is 14.3. The highest BCUT2D eigenvalue weighted by atomic mass is 32.2. The van der Waals surface area contributed by atoms with Crippen LogP contribution in [-0.2, 0) is 14.8 Å². The Balaban J connectivity index is 2.03. The van der Waals surface area contributed by atoms with Crippen molar-refractivity contribution in [3.8, 4) is 0 Å². The van der Waals surface area contributed by atoms with Gasteiger partial charge >= 0.3 is 0 Å². The first kappa shape index (κ1) is 17.9. The molecule has 3 N–H and O–H groups in total. The van der Waals surface area contributed by atoms with Gasteiger partial charge in [0.1, 0.15) is 0 Å². The lowest BCUT2D eigenvalue weighted by Gasteiger charge is -2.19. The second-order valence-corrected chi connectivity index (χ2v) is 7.60. The number of carbonyl (C=O) groups is 1. The van der Waals surface area contributed by atoms with Crippen LogP contribution in [0, 0.1) is 0 Å². The maximum absolute atomic E-state index is 12.5. The monoisotopic (exact) mass is 339 g/mol. The van der Waals surface area contributed by atoms with Crippen LogP contribution < -0.4 is 15.4 Å². The predicted molar refractivity (Wildman–Crippen MR) is 90.6 cm³/mol. The van der Waals surface area contributed by atoms with Crippen molar-refractivity contribution in [2.24, 2.45) is 0 Å². The average molecular weight is 339 g/mol. The number of nitrogens with one attached hydrogen (secondary N) is 3. The summed E-state index contributed by atoms with van der Waals surface area (Å²) in [6.45, 7) is 2.24. The van der Waals surface area contributed by atoms with Crippen LogP contribution in [0.1, 0.15) is 45.4 Å². The van der Waals surface area contributed by atoms with Crippen LogP contribution in [0.2, 0.25) is 0 Å². The molecule has 1 fully saturated rings. The molecular weight excluding hydrogens is 314 g/mol. The van der Waals surface area contributed by atoms with Crippen LogP contribution >= 0.6 is 0 Å². The van der Waals surface area contributed by atoms with Gasteiger partial charge in [-0.15, -0.1) is 0 Å². The highest BCUT2D eigenvalue weighted by Gasteiger charge is 2.20. The van der Waals surface area contributed by atoms with Gasteiger partial charge in [-0.3, -0.25) is 4.79 Å². The molecule has 0 radical (unpaired) electrons. The summed E-state index contributed by atoms with van der Waals surface area (Å²) >= 11 is 0. The zero-order valence-electron chi connectivity index (χ0n) is 13.5. The number of carbonyl (C=O) groups excluding carboxylic acids is 1. The van der Waals surface area contributed by atoms with Crippen LogP contribution in [0.25, 0.3) is 0 Å².